The van der Waals surface area contributed by atoms with Crippen molar-refractivity contribution in [2.75, 3.05) is 36.4 Å². The van der Waals surface area contributed by atoms with E-state index < -0.39 is 20.0 Å². The first-order valence-electron chi connectivity index (χ1n) is 10.6. The summed E-state index contributed by atoms with van der Waals surface area (Å²) >= 11 is 0. The van der Waals surface area contributed by atoms with Gasteiger partial charge in [0, 0.05) is 31.9 Å². The normalized spacial score (nSPS) is 12.1. The van der Waals surface area contributed by atoms with Crippen LogP contribution >= 0.6 is 0 Å². The van der Waals surface area contributed by atoms with Gasteiger partial charge in [0.15, 0.2) is 0 Å². The van der Waals surface area contributed by atoms with Crippen molar-refractivity contribution in [1.82, 2.24) is 19.3 Å². The van der Waals surface area contributed by atoms with Crippen LogP contribution in [0.3, 0.4) is 0 Å². The number of rotatable bonds is 9. The first-order valence-corrected chi connectivity index (χ1v) is 13.9. The second kappa shape index (κ2) is 9.94. The Morgan fingerprint density at radius 3 is 2.40 bits per heavy atom. The molecule has 0 amide bonds. The average molecular weight is 513 g/mol. The molecule has 10 nitrogen and oxygen atoms in total. The second-order valence-electron chi connectivity index (χ2n) is 7.85. The molecule has 0 radical (unpaired) electrons. The molecule has 2 heterocycles. The van der Waals surface area contributed by atoms with Crippen molar-refractivity contribution in [2.24, 2.45) is 0 Å². The van der Waals surface area contributed by atoms with E-state index in [9.17, 15) is 16.8 Å². The van der Waals surface area contributed by atoms with Crippen LogP contribution in [0.5, 0.6) is 0 Å². The number of fused-ring (bicyclic) bond motifs is 1. The van der Waals surface area contributed by atoms with Gasteiger partial charge in [0.05, 0.1) is 40.3 Å². The van der Waals surface area contributed by atoms with E-state index in [1.165, 1.54) is 29.7 Å². The van der Waals surface area contributed by atoms with Crippen molar-refractivity contribution in [3.8, 4) is 11.1 Å². The van der Waals surface area contributed by atoms with Crippen molar-refractivity contribution in [1.29, 1.82) is 0 Å². The molecule has 2 N–H and O–H groups in total. The Hall–Kier alpha value is -3.61. The molecule has 0 saturated carbocycles. The van der Waals surface area contributed by atoms with Gasteiger partial charge in [-0.3, -0.25) is 14.7 Å². The molecule has 0 atom stereocenters. The van der Waals surface area contributed by atoms with Gasteiger partial charge in [0.1, 0.15) is 5.82 Å². The lowest BCUT2D eigenvalue weighted by Crippen LogP contribution is -2.30. The van der Waals surface area contributed by atoms with E-state index in [1.54, 1.807) is 36.7 Å². The third-order valence-electron chi connectivity index (χ3n) is 5.22. The van der Waals surface area contributed by atoms with Crippen LogP contribution in [0.15, 0.2) is 78.1 Å². The second-order valence-corrected chi connectivity index (χ2v) is 11.6. The minimum atomic E-state index is -3.74. The molecule has 2 aromatic heterocycles. The summed E-state index contributed by atoms with van der Waals surface area (Å²) in [6, 6.07) is 15.3. The third kappa shape index (κ3) is 6.10. The number of nitrogens with zero attached hydrogens (tertiary/aromatic N) is 4. The van der Waals surface area contributed by atoms with Crippen LogP contribution in [0.2, 0.25) is 0 Å². The number of pyridine rings is 1. The summed E-state index contributed by atoms with van der Waals surface area (Å²) in [6.07, 6.45) is 5.82. The first-order chi connectivity index (χ1) is 16.6. The van der Waals surface area contributed by atoms with Gasteiger partial charge < -0.3 is 5.32 Å². The molecule has 0 saturated heterocycles. The van der Waals surface area contributed by atoms with Crippen LogP contribution in [0.25, 0.3) is 22.2 Å². The van der Waals surface area contributed by atoms with E-state index in [2.05, 4.69) is 25.0 Å². The van der Waals surface area contributed by atoms with Gasteiger partial charge in [-0.05, 0) is 35.9 Å². The highest BCUT2D eigenvalue weighted by molar-refractivity contribution is 7.92. The van der Waals surface area contributed by atoms with Crippen molar-refractivity contribution in [2.45, 2.75) is 4.90 Å². The number of aromatic nitrogens is 3. The number of benzene rings is 2. The van der Waals surface area contributed by atoms with Gasteiger partial charge in [-0.25, -0.2) is 26.1 Å². The Labute approximate surface area is 204 Å². The Morgan fingerprint density at radius 1 is 0.886 bits per heavy atom. The number of likely N-dealkylation sites (N-methyl/N-ethyl adjacent to an activating group) is 1. The molecule has 0 unspecified atom stereocenters. The number of hydrogen-bond donors (Lipinski definition) is 2. The maximum absolute atomic E-state index is 12.6. The summed E-state index contributed by atoms with van der Waals surface area (Å²) in [5.74, 6) is 0.513. The molecule has 0 aliphatic rings. The van der Waals surface area contributed by atoms with Crippen LogP contribution in [0.1, 0.15) is 0 Å². The quantitative estimate of drug-likeness (QED) is 0.350. The van der Waals surface area contributed by atoms with E-state index in [4.69, 9.17) is 0 Å². The zero-order valence-electron chi connectivity index (χ0n) is 19.1. The van der Waals surface area contributed by atoms with E-state index >= 15 is 0 Å². The smallest absolute Gasteiger partial charge is 0.261 e. The lowest BCUT2D eigenvalue weighted by molar-refractivity contribution is 0.486. The minimum Gasteiger partial charge on any atom is -0.367 e. The molecular weight excluding hydrogens is 488 g/mol. The predicted molar refractivity (Wildman–Crippen MR) is 136 cm³/mol. The lowest BCUT2D eigenvalue weighted by atomic mass is 10.1. The predicted octanol–water partition coefficient (Wildman–Crippen LogP) is 2.80. The summed E-state index contributed by atoms with van der Waals surface area (Å²) < 4.78 is 52.1. The number of anilines is 2. The molecule has 0 bridgehead atoms. The third-order valence-corrected chi connectivity index (χ3v) is 7.93. The fourth-order valence-electron chi connectivity index (χ4n) is 3.25. The van der Waals surface area contributed by atoms with Crippen molar-refractivity contribution in [3.63, 3.8) is 0 Å². The largest absolute Gasteiger partial charge is 0.367 e. The molecule has 0 aliphatic heterocycles. The Morgan fingerprint density at radius 2 is 1.66 bits per heavy atom. The van der Waals surface area contributed by atoms with Crippen LogP contribution in [0.4, 0.5) is 11.5 Å². The summed E-state index contributed by atoms with van der Waals surface area (Å²) in [5, 5.41) is 3.08. The minimum absolute atomic E-state index is 0.161. The maximum atomic E-state index is 12.6. The van der Waals surface area contributed by atoms with Crippen LogP contribution in [-0.2, 0) is 20.0 Å². The molecular formula is C23H24N6O4S2. The highest BCUT2D eigenvalue weighted by atomic mass is 32.2. The molecule has 0 aliphatic carbocycles. The number of sulfonamides is 2. The summed E-state index contributed by atoms with van der Waals surface area (Å²) in [6.45, 7) is 0.660. The fraction of sp³-hybridized carbons (Fsp3) is 0.174. The number of nitrogens with one attached hydrogen (secondary N) is 2. The zero-order valence-corrected chi connectivity index (χ0v) is 20.7. The summed E-state index contributed by atoms with van der Waals surface area (Å²) in [5.41, 5.74) is 3.13. The van der Waals surface area contributed by atoms with Gasteiger partial charge >= 0.3 is 0 Å². The highest BCUT2D eigenvalue weighted by Gasteiger charge is 2.14. The number of hydrogen-bond acceptors (Lipinski definition) is 8. The highest BCUT2D eigenvalue weighted by Crippen LogP contribution is 2.26. The maximum Gasteiger partial charge on any atom is 0.261 e. The molecule has 182 valence electrons. The van der Waals surface area contributed by atoms with Crippen LogP contribution < -0.4 is 10.0 Å². The van der Waals surface area contributed by atoms with Crippen LogP contribution in [-0.4, -0.2) is 62.5 Å². The van der Waals surface area contributed by atoms with Gasteiger partial charge in [0.2, 0.25) is 10.0 Å². The summed E-state index contributed by atoms with van der Waals surface area (Å²) in [4.78, 5) is 13.3. The first kappa shape index (κ1) is 24.5. The van der Waals surface area contributed by atoms with E-state index in [-0.39, 0.29) is 11.4 Å². The summed E-state index contributed by atoms with van der Waals surface area (Å²) in [7, 11) is -5.48. The molecule has 2 aromatic carbocycles. The van der Waals surface area contributed by atoms with Crippen molar-refractivity contribution >= 4 is 42.6 Å². The molecule has 0 spiro atoms. The van der Waals surface area contributed by atoms with E-state index in [0.717, 1.165) is 11.8 Å². The van der Waals surface area contributed by atoms with Gasteiger partial charge in [-0.15, -0.1) is 0 Å². The zero-order chi connectivity index (χ0) is 25.1. The van der Waals surface area contributed by atoms with E-state index in [0.29, 0.717) is 34.6 Å². The van der Waals surface area contributed by atoms with Crippen molar-refractivity contribution in [3.05, 3.63) is 73.2 Å². The molecule has 4 aromatic rings. The topological polar surface area (TPSA) is 134 Å². The van der Waals surface area contributed by atoms with Crippen LogP contribution in [0, 0.1) is 0 Å². The average Bonchev–Trinajstić information content (AvgIpc) is 2.83. The van der Waals surface area contributed by atoms with Crippen molar-refractivity contribution < 1.29 is 16.8 Å². The molecule has 35 heavy (non-hydrogen) atoms. The fourth-order valence-corrected chi connectivity index (χ4v) is 4.73. The van der Waals surface area contributed by atoms with Gasteiger partial charge in [-0.1, -0.05) is 24.3 Å². The Bertz CT molecular complexity index is 1560. The molecule has 4 rings (SSSR count). The monoisotopic (exact) mass is 512 g/mol. The molecule has 12 heteroatoms. The standard InChI is InChI=1S/C23H24N6O4S2/c1-29(34(2,30)31)11-10-25-23-16-26-21-9-8-17(13-22(21)27-23)18-12-19(15-24-14-18)28-35(32,33)20-6-4-3-5-7-20/h3-9,12-16,28H,10-11H2,1-2H3,(H,25,27). The Balaban J connectivity index is 1.54. The van der Waals surface area contributed by atoms with E-state index in [1.807, 2.05) is 18.2 Å². The van der Waals surface area contributed by atoms with Gasteiger partial charge in [-0.2, -0.15) is 0 Å². The SMILES string of the molecule is CN(CCNc1cnc2ccc(-c3cncc(NS(=O)(=O)c4ccccc4)c3)cc2n1)S(C)(=O)=O. The van der Waals surface area contributed by atoms with Gasteiger partial charge in [0.25, 0.3) is 10.0 Å². The molecule has 0 fully saturated rings. The lowest BCUT2D eigenvalue weighted by Gasteiger charge is -2.14. The Kier molecular flexibility index (Phi) is 6.96.